The molecule has 1 unspecified atom stereocenters. The van der Waals surface area contributed by atoms with E-state index in [1.54, 1.807) is 5.57 Å². The lowest BCUT2D eigenvalue weighted by atomic mass is 9.98. The van der Waals surface area contributed by atoms with Crippen molar-refractivity contribution in [3.05, 3.63) is 11.6 Å². The smallest absolute Gasteiger partial charge is 0.0279 e. The Morgan fingerprint density at radius 1 is 1.00 bits per heavy atom. The Morgan fingerprint density at radius 3 is 2.93 bits per heavy atom. The Hall–Kier alpha value is -0.300. The minimum absolute atomic E-state index is 0.732. The third-order valence-electron chi connectivity index (χ3n) is 3.58. The first-order valence-electron chi connectivity index (χ1n) is 6.39. The number of allylic oxidation sites excluding steroid dienone is 1. The van der Waals surface area contributed by atoms with Crippen LogP contribution in [0.25, 0.3) is 0 Å². The van der Waals surface area contributed by atoms with Gasteiger partial charge in [0.2, 0.25) is 0 Å². The molecule has 0 bridgehead atoms. The summed E-state index contributed by atoms with van der Waals surface area (Å²) in [5.41, 5.74) is 1.73. The molecule has 1 atom stereocenters. The molecule has 1 saturated heterocycles. The van der Waals surface area contributed by atoms with Gasteiger partial charge in [-0.25, -0.2) is 0 Å². The zero-order valence-electron chi connectivity index (χ0n) is 9.23. The predicted molar refractivity (Wildman–Crippen MR) is 61.4 cm³/mol. The van der Waals surface area contributed by atoms with Crippen LogP contribution >= 0.6 is 0 Å². The van der Waals surface area contributed by atoms with Crippen LogP contribution < -0.4 is 5.32 Å². The highest BCUT2D eigenvalue weighted by atomic mass is 14.9. The van der Waals surface area contributed by atoms with Crippen LogP contribution in [0.1, 0.15) is 57.8 Å². The lowest BCUT2D eigenvalue weighted by Crippen LogP contribution is -2.30. The van der Waals surface area contributed by atoms with Crippen LogP contribution in [0.5, 0.6) is 0 Å². The van der Waals surface area contributed by atoms with Gasteiger partial charge in [-0.1, -0.05) is 30.9 Å². The first-order chi connectivity index (χ1) is 6.97. The summed E-state index contributed by atoms with van der Waals surface area (Å²) in [6, 6.07) is 0.732. The van der Waals surface area contributed by atoms with Gasteiger partial charge in [0, 0.05) is 6.04 Å². The highest BCUT2D eigenvalue weighted by Gasteiger charge is 2.16. The standard InChI is InChI=1S/C13H23N/c1-2-5-9-12(8-4-1)13-10-6-3-7-11-14-13/h8,13-14H,1-7,9-11H2. The van der Waals surface area contributed by atoms with Gasteiger partial charge >= 0.3 is 0 Å². The van der Waals surface area contributed by atoms with E-state index in [4.69, 9.17) is 0 Å². The SMILES string of the molecule is C1=C(C2CCCCCN2)CCCCC1. The fourth-order valence-corrected chi connectivity index (χ4v) is 2.70. The minimum Gasteiger partial charge on any atom is -0.310 e. The van der Waals surface area contributed by atoms with Crippen molar-refractivity contribution in [3.8, 4) is 0 Å². The van der Waals surface area contributed by atoms with Gasteiger partial charge < -0.3 is 5.32 Å². The third kappa shape index (κ3) is 2.84. The van der Waals surface area contributed by atoms with Crippen molar-refractivity contribution in [2.75, 3.05) is 6.54 Å². The van der Waals surface area contributed by atoms with E-state index < -0.39 is 0 Å². The predicted octanol–water partition coefficient (Wildman–Crippen LogP) is 3.41. The molecule has 0 amide bonds. The number of rotatable bonds is 1. The second-order valence-electron chi connectivity index (χ2n) is 4.73. The molecular formula is C13H23N. The summed E-state index contributed by atoms with van der Waals surface area (Å²) >= 11 is 0. The van der Waals surface area contributed by atoms with Crippen LogP contribution in [0.15, 0.2) is 11.6 Å². The Labute approximate surface area is 88.0 Å². The number of nitrogens with one attached hydrogen (secondary N) is 1. The van der Waals surface area contributed by atoms with Crippen molar-refractivity contribution in [1.82, 2.24) is 5.32 Å². The molecule has 1 aliphatic carbocycles. The summed E-state index contributed by atoms with van der Waals surface area (Å²) in [6.45, 7) is 1.24. The zero-order chi connectivity index (χ0) is 9.64. The summed E-state index contributed by atoms with van der Waals surface area (Å²) in [4.78, 5) is 0. The maximum atomic E-state index is 3.71. The molecule has 0 aromatic heterocycles. The maximum absolute atomic E-state index is 3.71. The van der Waals surface area contributed by atoms with Crippen molar-refractivity contribution in [2.24, 2.45) is 0 Å². The molecule has 2 rings (SSSR count). The molecule has 1 fully saturated rings. The highest BCUT2D eigenvalue weighted by molar-refractivity contribution is 5.12. The van der Waals surface area contributed by atoms with E-state index in [1.165, 1.54) is 64.3 Å². The Bertz CT molecular complexity index is 187. The molecule has 0 spiro atoms. The summed E-state index contributed by atoms with van der Waals surface area (Å²) < 4.78 is 0. The molecule has 0 aromatic rings. The van der Waals surface area contributed by atoms with Crippen LogP contribution in [0.2, 0.25) is 0 Å². The van der Waals surface area contributed by atoms with Crippen molar-refractivity contribution in [2.45, 2.75) is 63.8 Å². The molecule has 1 N–H and O–H groups in total. The van der Waals surface area contributed by atoms with Crippen molar-refractivity contribution >= 4 is 0 Å². The van der Waals surface area contributed by atoms with Gasteiger partial charge in [-0.2, -0.15) is 0 Å². The molecule has 1 nitrogen and oxygen atoms in total. The molecule has 80 valence electrons. The van der Waals surface area contributed by atoms with Crippen molar-refractivity contribution in [3.63, 3.8) is 0 Å². The van der Waals surface area contributed by atoms with E-state index in [2.05, 4.69) is 11.4 Å². The van der Waals surface area contributed by atoms with Gasteiger partial charge in [-0.15, -0.1) is 0 Å². The zero-order valence-corrected chi connectivity index (χ0v) is 9.23. The molecule has 0 aromatic carbocycles. The van der Waals surface area contributed by atoms with E-state index in [-0.39, 0.29) is 0 Å². The van der Waals surface area contributed by atoms with E-state index >= 15 is 0 Å². The van der Waals surface area contributed by atoms with E-state index in [0.717, 1.165) is 6.04 Å². The van der Waals surface area contributed by atoms with Gasteiger partial charge in [0.05, 0.1) is 0 Å². The third-order valence-corrected chi connectivity index (χ3v) is 3.58. The quantitative estimate of drug-likeness (QED) is 0.629. The minimum atomic E-state index is 0.732. The molecule has 2 aliphatic rings. The summed E-state index contributed by atoms with van der Waals surface area (Å²) in [7, 11) is 0. The van der Waals surface area contributed by atoms with Gasteiger partial charge in [0.25, 0.3) is 0 Å². The first-order valence-corrected chi connectivity index (χ1v) is 6.39. The molecule has 1 aliphatic heterocycles. The summed E-state index contributed by atoms with van der Waals surface area (Å²) in [6.07, 6.45) is 15.1. The van der Waals surface area contributed by atoms with Crippen LogP contribution in [0.4, 0.5) is 0 Å². The van der Waals surface area contributed by atoms with Crippen LogP contribution in [0.3, 0.4) is 0 Å². The van der Waals surface area contributed by atoms with Gasteiger partial charge in [0.1, 0.15) is 0 Å². The highest BCUT2D eigenvalue weighted by Crippen LogP contribution is 2.23. The Kier molecular flexibility index (Phi) is 4.05. The monoisotopic (exact) mass is 193 g/mol. The fraction of sp³-hybridized carbons (Fsp3) is 0.846. The number of hydrogen-bond acceptors (Lipinski definition) is 1. The molecule has 0 saturated carbocycles. The van der Waals surface area contributed by atoms with Crippen molar-refractivity contribution in [1.29, 1.82) is 0 Å². The Morgan fingerprint density at radius 2 is 1.93 bits per heavy atom. The molecular weight excluding hydrogens is 170 g/mol. The largest absolute Gasteiger partial charge is 0.310 e. The van der Waals surface area contributed by atoms with E-state index in [0.29, 0.717) is 0 Å². The topological polar surface area (TPSA) is 12.0 Å². The molecule has 1 heteroatoms. The van der Waals surface area contributed by atoms with Gasteiger partial charge in [-0.05, 0) is 45.1 Å². The fourth-order valence-electron chi connectivity index (χ4n) is 2.70. The van der Waals surface area contributed by atoms with Gasteiger partial charge in [0.15, 0.2) is 0 Å². The summed E-state index contributed by atoms with van der Waals surface area (Å²) in [5, 5.41) is 3.71. The first kappa shape index (κ1) is 10.2. The van der Waals surface area contributed by atoms with Crippen LogP contribution in [-0.2, 0) is 0 Å². The molecule has 0 radical (unpaired) electrons. The second-order valence-corrected chi connectivity index (χ2v) is 4.73. The lowest BCUT2D eigenvalue weighted by Gasteiger charge is -2.19. The van der Waals surface area contributed by atoms with Gasteiger partial charge in [-0.3, -0.25) is 0 Å². The summed E-state index contributed by atoms with van der Waals surface area (Å²) in [5.74, 6) is 0. The Balaban J connectivity index is 1.93. The lowest BCUT2D eigenvalue weighted by molar-refractivity contribution is 0.549. The second kappa shape index (κ2) is 5.55. The van der Waals surface area contributed by atoms with Crippen LogP contribution in [-0.4, -0.2) is 12.6 Å². The van der Waals surface area contributed by atoms with Crippen LogP contribution in [0, 0.1) is 0 Å². The number of hydrogen-bond donors (Lipinski definition) is 1. The molecule has 1 heterocycles. The van der Waals surface area contributed by atoms with Crippen molar-refractivity contribution < 1.29 is 0 Å². The maximum Gasteiger partial charge on any atom is 0.0279 e. The molecule has 14 heavy (non-hydrogen) atoms. The van der Waals surface area contributed by atoms with E-state index in [9.17, 15) is 0 Å². The average molecular weight is 193 g/mol. The average Bonchev–Trinajstić information content (AvgIpc) is 2.62. The van der Waals surface area contributed by atoms with E-state index in [1.807, 2.05) is 0 Å². The normalized spacial score (nSPS) is 30.3.